The zero-order chi connectivity index (χ0) is 15.0. The SMILES string of the molecule is O=C1CNCCN1CC1=Nc2cc(C(F)(F)F)ccc2C1. The number of nitrogens with zero attached hydrogens (tertiary/aromatic N) is 2. The van der Waals surface area contributed by atoms with Crippen LogP contribution in [-0.4, -0.2) is 42.7 Å². The van der Waals surface area contributed by atoms with E-state index in [1.165, 1.54) is 6.07 Å². The first-order valence-corrected chi connectivity index (χ1v) is 6.68. The Morgan fingerprint density at radius 2 is 2.14 bits per heavy atom. The van der Waals surface area contributed by atoms with Crippen LogP contribution in [0.1, 0.15) is 11.1 Å². The van der Waals surface area contributed by atoms with Crippen molar-refractivity contribution >= 4 is 17.3 Å². The minimum atomic E-state index is -4.36. The molecule has 2 heterocycles. The van der Waals surface area contributed by atoms with Crippen LogP contribution in [-0.2, 0) is 17.4 Å². The molecule has 1 fully saturated rings. The molecule has 0 radical (unpaired) electrons. The number of hydrogen-bond donors (Lipinski definition) is 1. The number of amides is 1. The Morgan fingerprint density at radius 1 is 1.33 bits per heavy atom. The minimum Gasteiger partial charge on any atom is -0.335 e. The van der Waals surface area contributed by atoms with Crippen molar-refractivity contribution in [3.8, 4) is 0 Å². The molecule has 0 aliphatic carbocycles. The Kier molecular flexibility index (Phi) is 3.44. The van der Waals surface area contributed by atoms with Crippen LogP contribution < -0.4 is 5.32 Å². The highest BCUT2D eigenvalue weighted by atomic mass is 19.4. The molecule has 0 unspecified atom stereocenters. The van der Waals surface area contributed by atoms with Gasteiger partial charge in [0.1, 0.15) is 0 Å². The summed E-state index contributed by atoms with van der Waals surface area (Å²) in [6.45, 7) is 2.02. The molecule has 1 amide bonds. The zero-order valence-corrected chi connectivity index (χ0v) is 11.2. The molecule has 1 aromatic rings. The summed E-state index contributed by atoms with van der Waals surface area (Å²) in [5.41, 5.74) is 1.19. The van der Waals surface area contributed by atoms with Crippen LogP contribution in [0.5, 0.6) is 0 Å². The van der Waals surface area contributed by atoms with Gasteiger partial charge in [-0.2, -0.15) is 13.2 Å². The largest absolute Gasteiger partial charge is 0.416 e. The first kappa shape index (κ1) is 14.1. The summed E-state index contributed by atoms with van der Waals surface area (Å²) in [6, 6.07) is 3.61. The van der Waals surface area contributed by atoms with Gasteiger partial charge in [-0.25, -0.2) is 0 Å². The molecule has 1 N–H and O–H groups in total. The Hall–Kier alpha value is -1.89. The molecular weight excluding hydrogens is 283 g/mol. The van der Waals surface area contributed by atoms with Gasteiger partial charge in [-0.15, -0.1) is 0 Å². The fourth-order valence-corrected chi connectivity index (χ4v) is 2.55. The number of fused-ring (bicyclic) bond motifs is 1. The maximum atomic E-state index is 12.7. The molecule has 112 valence electrons. The first-order valence-electron chi connectivity index (χ1n) is 6.68. The van der Waals surface area contributed by atoms with Gasteiger partial charge >= 0.3 is 6.18 Å². The van der Waals surface area contributed by atoms with Gasteiger partial charge in [-0.05, 0) is 17.7 Å². The second-order valence-corrected chi connectivity index (χ2v) is 5.19. The van der Waals surface area contributed by atoms with E-state index in [1.807, 2.05) is 0 Å². The summed E-state index contributed by atoms with van der Waals surface area (Å²) in [4.78, 5) is 17.6. The van der Waals surface area contributed by atoms with E-state index in [1.54, 1.807) is 4.90 Å². The highest BCUT2D eigenvalue weighted by Gasteiger charge is 2.32. The van der Waals surface area contributed by atoms with Crippen LogP contribution in [0.2, 0.25) is 0 Å². The second-order valence-electron chi connectivity index (χ2n) is 5.19. The van der Waals surface area contributed by atoms with E-state index in [-0.39, 0.29) is 5.91 Å². The number of alkyl halides is 3. The van der Waals surface area contributed by atoms with Gasteiger partial charge in [0.15, 0.2) is 0 Å². The van der Waals surface area contributed by atoms with E-state index in [0.29, 0.717) is 31.7 Å². The number of rotatable bonds is 2. The van der Waals surface area contributed by atoms with Crippen molar-refractivity contribution in [3.05, 3.63) is 29.3 Å². The third-order valence-electron chi connectivity index (χ3n) is 3.65. The number of carbonyl (C=O) groups is 1. The lowest BCUT2D eigenvalue weighted by molar-refractivity contribution is -0.137. The van der Waals surface area contributed by atoms with Crippen LogP contribution in [0.4, 0.5) is 18.9 Å². The van der Waals surface area contributed by atoms with Gasteiger partial charge in [-0.3, -0.25) is 9.79 Å². The molecule has 1 aromatic carbocycles. The van der Waals surface area contributed by atoms with Crippen molar-refractivity contribution in [1.29, 1.82) is 0 Å². The number of carbonyl (C=O) groups excluding carboxylic acids is 1. The lowest BCUT2D eigenvalue weighted by Crippen LogP contribution is -2.49. The van der Waals surface area contributed by atoms with E-state index in [4.69, 9.17) is 0 Å². The third-order valence-corrected chi connectivity index (χ3v) is 3.65. The van der Waals surface area contributed by atoms with E-state index >= 15 is 0 Å². The van der Waals surface area contributed by atoms with Crippen LogP contribution >= 0.6 is 0 Å². The van der Waals surface area contributed by atoms with Crippen LogP contribution in [0, 0.1) is 0 Å². The first-order chi connectivity index (χ1) is 9.93. The van der Waals surface area contributed by atoms with Gasteiger partial charge in [0.2, 0.25) is 5.91 Å². The van der Waals surface area contributed by atoms with Crippen molar-refractivity contribution in [2.24, 2.45) is 4.99 Å². The van der Waals surface area contributed by atoms with Crippen LogP contribution in [0.15, 0.2) is 23.2 Å². The summed E-state index contributed by atoms with van der Waals surface area (Å²) in [5, 5.41) is 2.97. The van der Waals surface area contributed by atoms with Crippen molar-refractivity contribution in [3.63, 3.8) is 0 Å². The van der Waals surface area contributed by atoms with Crippen molar-refractivity contribution in [2.45, 2.75) is 12.6 Å². The number of benzene rings is 1. The van der Waals surface area contributed by atoms with E-state index < -0.39 is 11.7 Å². The van der Waals surface area contributed by atoms with Gasteiger partial charge in [-0.1, -0.05) is 6.07 Å². The predicted octanol–water partition coefficient (Wildman–Crippen LogP) is 1.77. The molecule has 4 nitrogen and oxygen atoms in total. The molecular formula is C14H14F3N3O. The van der Waals surface area contributed by atoms with Crippen LogP contribution in [0.3, 0.4) is 0 Å². The normalized spacial score (nSPS) is 18.7. The molecule has 0 saturated carbocycles. The van der Waals surface area contributed by atoms with Gasteiger partial charge in [0.05, 0.1) is 24.3 Å². The van der Waals surface area contributed by atoms with E-state index in [9.17, 15) is 18.0 Å². The summed E-state index contributed by atoms with van der Waals surface area (Å²) >= 11 is 0. The van der Waals surface area contributed by atoms with E-state index in [0.717, 1.165) is 30.0 Å². The van der Waals surface area contributed by atoms with Crippen LogP contribution in [0.25, 0.3) is 0 Å². The topological polar surface area (TPSA) is 44.7 Å². The van der Waals surface area contributed by atoms with E-state index in [2.05, 4.69) is 10.3 Å². The molecule has 3 rings (SSSR count). The average Bonchev–Trinajstić information content (AvgIpc) is 2.81. The highest BCUT2D eigenvalue weighted by Crippen LogP contribution is 2.35. The Balaban J connectivity index is 1.76. The zero-order valence-electron chi connectivity index (χ0n) is 11.2. The molecule has 2 aliphatic heterocycles. The molecule has 0 atom stereocenters. The highest BCUT2D eigenvalue weighted by molar-refractivity contribution is 5.97. The maximum Gasteiger partial charge on any atom is 0.416 e. The standard InChI is InChI=1S/C14H14F3N3O/c15-14(16,17)10-2-1-9-5-11(19-12(9)6-10)8-20-4-3-18-7-13(20)21/h1-2,6,18H,3-5,7-8H2. The predicted molar refractivity (Wildman–Crippen MR) is 71.7 cm³/mol. The number of halogens is 3. The number of nitrogens with one attached hydrogen (secondary N) is 1. The molecule has 2 aliphatic rings. The van der Waals surface area contributed by atoms with Crippen molar-refractivity contribution in [2.75, 3.05) is 26.2 Å². The maximum absolute atomic E-state index is 12.7. The Labute approximate surface area is 119 Å². The average molecular weight is 297 g/mol. The molecule has 1 saturated heterocycles. The lowest BCUT2D eigenvalue weighted by Gasteiger charge is -2.27. The number of hydrogen-bond acceptors (Lipinski definition) is 3. The quantitative estimate of drug-likeness (QED) is 0.904. The van der Waals surface area contributed by atoms with Crippen molar-refractivity contribution in [1.82, 2.24) is 10.2 Å². The molecule has 0 aromatic heterocycles. The fraction of sp³-hybridized carbons (Fsp3) is 0.429. The second kappa shape index (κ2) is 5.14. The summed E-state index contributed by atoms with van der Waals surface area (Å²) in [5.74, 6) is -0.00381. The fourth-order valence-electron chi connectivity index (χ4n) is 2.55. The Bertz CT molecular complexity index is 610. The molecule has 21 heavy (non-hydrogen) atoms. The lowest BCUT2D eigenvalue weighted by atomic mass is 10.1. The third kappa shape index (κ3) is 2.92. The van der Waals surface area contributed by atoms with Crippen molar-refractivity contribution < 1.29 is 18.0 Å². The summed E-state index contributed by atoms with van der Waals surface area (Å²) in [7, 11) is 0. The number of aliphatic imine (C=N–C) groups is 1. The Morgan fingerprint density at radius 3 is 2.86 bits per heavy atom. The van der Waals surface area contributed by atoms with Gasteiger partial charge in [0, 0.05) is 25.2 Å². The molecule has 0 spiro atoms. The molecule has 0 bridgehead atoms. The summed E-state index contributed by atoms with van der Waals surface area (Å²) in [6.07, 6.45) is -3.85. The summed E-state index contributed by atoms with van der Waals surface area (Å²) < 4.78 is 38.0. The number of piperazine rings is 1. The van der Waals surface area contributed by atoms with Gasteiger partial charge in [0.25, 0.3) is 0 Å². The smallest absolute Gasteiger partial charge is 0.335 e. The molecule has 7 heteroatoms. The van der Waals surface area contributed by atoms with Gasteiger partial charge < -0.3 is 10.2 Å². The monoisotopic (exact) mass is 297 g/mol. The minimum absolute atomic E-state index is 0.00381.